The van der Waals surface area contributed by atoms with Crippen LogP contribution in [-0.4, -0.2) is 16.1 Å². The highest BCUT2D eigenvalue weighted by atomic mass is 35.5. The van der Waals surface area contributed by atoms with Gasteiger partial charge in [0.15, 0.2) is 0 Å². The van der Waals surface area contributed by atoms with Crippen LogP contribution in [-0.2, 0) is 5.88 Å². The third-order valence-corrected chi connectivity index (χ3v) is 2.19. The van der Waals surface area contributed by atoms with Gasteiger partial charge in [-0.15, -0.1) is 11.6 Å². The zero-order chi connectivity index (χ0) is 11.6. The van der Waals surface area contributed by atoms with Gasteiger partial charge in [0.2, 0.25) is 0 Å². The Balaban J connectivity index is 3.35. The Morgan fingerprint density at radius 2 is 2.27 bits per heavy atom. The summed E-state index contributed by atoms with van der Waals surface area (Å²) in [5.41, 5.74) is -0.441. The topological polar surface area (TPSA) is 50.2 Å². The van der Waals surface area contributed by atoms with Crippen LogP contribution in [0.2, 0.25) is 0 Å². The Hall–Kier alpha value is -1.23. The molecule has 0 radical (unpaired) electrons. The van der Waals surface area contributed by atoms with Crippen molar-refractivity contribution < 1.29 is 18.7 Å². The highest BCUT2D eigenvalue weighted by Crippen LogP contribution is 2.24. The summed E-state index contributed by atoms with van der Waals surface area (Å²) >= 11 is 5.44. The molecule has 0 spiro atoms. The Morgan fingerprint density at radius 3 is 2.67 bits per heavy atom. The Bertz CT molecular complexity index is 396. The predicted molar refractivity (Wildman–Crippen MR) is 50.4 cm³/mol. The van der Waals surface area contributed by atoms with Crippen molar-refractivity contribution >= 4 is 17.6 Å². The maximum absolute atomic E-state index is 12.5. The molecular weight excluding hydrogens is 228 g/mol. The SMILES string of the molecule is Cc1nc(C(F)F)c(CCl)cc1C(=O)O. The summed E-state index contributed by atoms with van der Waals surface area (Å²) in [6, 6.07) is 1.14. The molecule has 0 amide bonds. The number of nitrogens with zero attached hydrogens (tertiary/aromatic N) is 1. The lowest BCUT2D eigenvalue weighted by Crippen LogP contribution is -2.07. The number of alkyl halides is 3. The van der Waals surface area contributed by atoms with Crippen LogP contribution in [0, 0.1) is 6.92 Å². The number of aromatic nitrogens is 1. The summed E-state index contributed by atoms with van der Waals surface area (Å²) < 4.78 is 24.9. The molecule has 0 bridgehead atoms. The minimum absolute atomic E-state index is 0.0506. The molecule has 6 heteroatoms. The van der Waals surface area contributed by atoms with Crippen LogP contribution >= 0.6 is 11.6 Å². The van der Waals surface area contributed by atoms with Crippen molar-refractivity contribution in [1.82, 2.24) is 4.98 Å². The molecule has 0 aliphatic carbocycles. The minimum atomic E-state index is -2.75. The van der Waals surface area contributed by atoms with Crippen LogP contribution in [0.3, 0.4) is 0 Å². The van der Waals surface area contributed by atoms with Crippen LogP contribution in [0.1, 0.15) is 33.7 Å². The van der Waals surface area contributed by atoms with Gasteiger partial charge in [0.25, 0.3) is 6.43 Å². The van der Waals surface area contributed by atoms with E-state index < -0.39 is 18.1 Å². The molecule has 1 heterocycles. The van der Waals surface area contributed by atoms with Gasteiger partial charge < -0.3 is 5.11 Å². The van der Waals surface area contributed by atoms with E-state index in [9.17, 15) is 13.6 Å². The average molecular weight is 236 g/mol. The van der Waals surface area contributed by atoms with E-state index in [2.05, 4.69) is 4.98 Å². The first-order valence-electron chi connectivity index (χ1n) is 4.05. The van der Waals surface area contributed by atoms with Crippen molar-refractivity contribution in [3.8, 4) is 0 Å². The lowest BCUT2D eigenvalue weighted by atomic mass is 10.1. The number of aromatic carboxylic acids is 1. The number of rotatable bonds is 3. The Labute approximate surface area is 89.7 Å². The second kappa shape index (κ2) is 4.53. The summed E-state index contributed by atoms with van der Waals surface area (Å²) in [5.74, 6) is -1.39. The highest BCUT2D eigenvalue weighted by Gasteiger charge is 2.19. The maximum atomic E-state index is 12.5. The summed E-state index contributed by atoms with van der Waals surface area (Å²) in [4.78, 5) is 14.2. The molecule has 0 saturated carbocycles. The van der Waals surface area contributed by atoms with E-state index in [1.807, 2.05) is 0 Å². The van der Waals surface area contributed by atoms with Gasteiger partial charge >= 0.3 is 5.97 Å². The molecule has 82 valence electrons. The molecular formula is C9H8ClF2NO2. The first kappa shape index (κ1) is 11.8. The van der Waals surface area contributed by atoms with E-state index in [0.717, 1.165) is 6.07 Å². The molecule has 0 fully saturated rings. The Kier molecular flexibility index (Phi) is 3.57. The molecule has 0 saturated heterocycles. The molecule has 1 aromatic heterocycles. The number of carboxylic acids is 1. The van der Waals surface area contributed by atoms with E-state index in [-0.39, 0.29) is 22.7 Å². The molecule has 1 aromatic rings. The van der Waals surface area contributed by atoms with E-state index >= 15 is 0 Å². The molecule has 0 aliphatic rings. The smallest absolute Gasteiger partial charge is 0.337 e. The number of hydrogen-bond acceptors (Lipinski definition) is 2. The van der Waals surface area contributed by atoms with Crippen molar-refractivity contribution in [3.05, 3.63) is 28.6 Å². The monoisotopic (exact) mass is 235 g/mol. The van der Waals surface area contributed by atoms with Gasteiger partial charge in [-0.3, -0.25) is 4.98 Å². The second-order valence-corrected chi connectivity index (χ2v) is 3.17. The van der Waals surface area contributed by atoms with Gasteiger partial charge in [0, 0.05) is 5.88 Å². The van der Waals surface area contributed by atoms with Gasteiger partial charge in [-0.05, 0) is 18.6 Å². The van der Waals surface area contributed by atoms with Gasteiger partial charge in [0.1, 0.15) is 5.69 Å². The lowest BCUT2D eigenvalue weighted by molar-refractivity contribution is 0.0694. The highest BCUT2D eigenvalue weighted by molar-refractivity contribution is 6.17. The van der Waals surface area contributed by atoms with Crippen molar-refractivity contribution in [2.45, 2.75) is 19.2 Å². The number of carboxylic acid groups (broad SMARTS) is 1. The van der Waals surface area contributed by atoms with Gasteiger partial charge in [-0.2, -0.15) is 0 Å². The fourth-order valence-corrected chi connectivity index (χ4v) is 1.39. The third kappa shape index (κ3) is 2.41. The molecule has 0 atom stereocenters. The normalized spacial score (nSPS) is 10.7. The van der Waals surface area contributed by atoms with Crippen LogP contribution in [0.15, 0.2) is 6.07 Å². The van der Waals surface area contributed by atoms with Gasteiger partial charge in [0.05, 0.1) is 11.3 Å². The number of carbonyl (C=O) groups is 1. The average Bonchev–Trinajstić information content (AvgIpc) is 2.16. The minimum Gasteiger partial charge on any atom is -0.478 e. The van der Waals surface area contributed by atoms with E-state index in [4.69, 9.17) is 16.7 Å². The van der Waals surface area contributed by atoms with Crippen LogP contribution in [0.25, 0.3) is 0 Å². The molecule has 1 N–H and O–H groups in total. The first-order chi connectivity index (χ1) is 6.97. The predicted octanol–water partition coefficient (Wildman–Crippen LogP) is 2.76. The largest absolute Gasteiger partial charge is 0.478 e. The first-order valence-corrected chi connectivity index (χ1v) is 4.58. The quantitative estimate of drug-likeness (QED) is 0.820. The van der Waals surface area contributed by atoms with Crippen LogP contribution in [0.4, 0.5) is 8.78 Å². The fourth-order valence-electron chi connectivity index (χ4n) is 1.18. The molecule has 3 nitrogen and oxygen atoms in total. The standard InChI is InChI=1S/C9H8ClF2NO2/c1-4-6(9(14)15)2-5(3-10)7(13-4)8(11)12/h2,8H,3H2,1H3,(H,14,15). The molecule has 0 aliphatic heterocycles. The van der Waals surface area contributed by atoms with Crippen LogP contribution in [0.5, 0.6) is 0 Å². The Morgan fingerprint density at radius 1 is 1.67 bits per heavy atom. The van der Waals surface area contributed by atoms with Crippen LogP contribution < -0.4 is 0 Å². The number of aryl methyl sites for hydroxylation is 1. The van der Waals surface area contributed by atoms with E-state index in [1.165, 1.54) is 6.92 Å². The maximum Gasteiger partial charge on any atom is 0.337 e. The second-order valence-electron chi connectivity index (χ2n) is 2.91. The van der Waals surface area contributed by atoms with Crippen molar-refractivity contribution in [3.63, 3.8) is 0 Å². The fraction of sp³-hybridized carbons (Fsp3) is 0.333. The van der Waals surface area contributed by atoms with E-state index in [1.54, 1.807) is 0 Å². The zero-order valence-corrected chi connectivity index (χ0v) is 8.55. The summed E-state index contributed by atoms with van der Waals surface area (Å²) in [7, 11) is 0. The zero-order valence-electron chi connectivity index (χ0n) is 7.80. The summed E-state index contributed by atoms with van der Waals surface area (Å²) in [6.07, 6.45) is -2.75. The van der Waals surface area contributed by atoms with Crippen molar-refractivity contribution in [1.29, 1.82) is 0 Å². The summed E-state index contributed by atoms with van der Waals surface area (Å²) in [5, 5.41) is 8.74. The van der Waals surface area contributed by atoms with Gasteiger partial charge in [-0.1, -0.05) is 0 Å². The van der Waals surface area contributed by atoms with Crippen molar-refractivity contribution in [2.75, 3.05) is 0 Å². The number of hydrogen-bond donors (Lipinski definition) is 1. The third-order valence-electron chi connectivity index (χ3n) is 1.91. The molecule has 1 rings (SSSR count). The molecule has 0 unspecified atom stereocenters. The van der Waals surface area contributed by atoms with Gasteiger partial charge in [-0.25, -0.2) is 13.6 Å². The molecule has 15 heavy (non-hydrogen) atoms. The summed E-state index contributed by atoms with van der Waals surface area (Å²) in [6.45, 7) is 1.37. The van der Waals surface area contributed by atoms with Crippen molar-refractivity contribution in [2.24, 2.45) is 0 Å². The lowest BCUT2D eigenvalue weighted by Gasteiger charge is -2.08. The van der Waals surface area contributed by atoms with E-state index in [0.29, 0.717) is 0 Å². The molecule has 0 aromatic carbocycles. The number of pyridine rings is 1. The number of halogens is 3.